The summed E-state index contributed by atoms with van der Waals surface area (Å²) in [6, 6.07) is 16.4. The number of anilines is 2. The summed E-state index contributed by atoms with van der Waals surface area (Å²) in [6.45, 7) is 0.550. The van der Waals surface area contributed by atoms with E-state index in [1.165, 1.54) is 12.1 Å². The summed E-state index contributed by atoms with van der Waals surface area (Å²) in [6.07, 6.45) is 3.71. The van der Waals surface area contributed by atoms with Gasteiger partial charge in [0.15, 0.2) is 0 Å². The van der Waals surface area contributed by atoms with Crippen LogP contribution in [0.3, 0.4) is 0 Å². The van der Waals surface area contributed by atoms with E-state index in [1.807, 2.05) is 36.5 Å². The van der Waals surface area contributed by atoms with E-state index < -0.39 is 17.9 Å². The minimum Gasteiger partial charge on any atom is -0.480 e. The zero-order valence-corrected chi connectivity index (χ0v) is 19.8. The van der Waals surface area contributed by atoms with Crippen LogP contribution in [-0.2, 0) is 11.2 Å². The molecule has 0 aliphatic carbocycles. The maximum absolute atomic E-state index is 12.6. The normalized spacial score (nSPS) is 13.5. The number of aromatic nitrogens is 1. The van der Waals surface area contributed by atoms with E-state index in [0.717, 1.165) is 22.8 Å². The average Bonchev–Trinajstić information content (AvgIpc) is 3.32. The fourth-order valence-corrected chi connectivity index (χ4v) is 3.98. The standard InChI is InChI=1S/C24H22Cl2N6O3/c25-18-4-3-5-19(26)22(18)23(33)29-20(24(34)35)12-15-7-9-17(10-8-15)32-14-16(30-31-32)13-28-21-6-1-2-11-27-21/h1-11,14,20,30-31H,12-13H2,(H,27,28)(H,29,33)(H,34,35)/t20-/m0/s1. The zero-order valence-electron chi connectivity index (χ0n) is 18.3. The van der Waals surface area contributed by atoms with Crippen LogP contribution in [-0.4, -0.2) is 34.6 Å². The molecule has 0 unspecified atom stereocenters. The molecule has 5 N–H and O–H groups in total. The van der Waals surface area contributed by atoms with Crippen molar-refractivity contribution in [3.05, 3.63) is 99.9 Å². The molecule has 0 radical (unpaired) electrons. The summed E-state index contributed by atoms with van der Waals surface area (Å²) in [7, 11) is 0. The second kappa shape index (κ2) is 11.1. The number of hydrazine groups is 2. The molecule has 0 bridgehead atoms. The van der Waals surface area contributed by atoms with Crippen LogP contribution >= 0.6 is 23.2 Å². The van der Waals surface area contributed by atoms with Crippen LogP contribution in [0.15, 0.2) is 78.8 Å². The smallest absolute Gasteiger partial charge is 0.326 e. The number of carbonyl (C=O) groups is 2. The highest BCUT2D eigenvalue weighted by Crippen LogP contribution is 2.24. The summed E-state index contributed by atoms with van der Waals surface area (Å²) < 4.78 is 0. The fourth-order valence-electron chi connectivity index (χ4n) is 3.41. The van der Waals surface area contributed by atoms with Gasteiger partial charge in [-0.2, -0.15) is 0 Å². The number of nitrogens with zero attached hydrogens (tertiary/aromatic N) is 2. The average molecular weight is 513 g/mol. The van der Waals surface area contributed by atoms with E-state index in [4.69, 9.17) is 23.2 Å². The van der Waals surface area contributed by atoms with Gasteiger partial charge in [-0.05, 0) is 42.0 Å². The lowest BCUT2D eigenvalue weighted by molar-refractivity contribution is -0.139. The van der Waals surface area contributed by atoms with Gasteiger partial charge in [-0.15, -0.1) is 5.53 Å². The molecule has 35 heavy (non-hydrogen) atoms. The van der Waals surface area contributed by atoms with Gasteiger partial charge in [0.1, 0.15) is 11.9 Å². The first-order valence-corrected chi connectivity index (χ1v) is 11.4. The van der Waals surface area contributed by atoms with Gasteiger partial charge in [-0.3, -0.25) is 9.80 Å². The Balaban J connectivity index is 1.37. The van der Waals surface area contributed by atoms with E-state index in [0.29, 0.717) is 6.54 Å². The van der Waals surface area contributed by atoms with Crippen molar-refractivity contribution in [2.45, 2.75) is 12.5 Å². The molecule has 0 spiro atoms. The zero-order chi connectivity index (χ0) is 24.8. The Bertz CT molecular complexity index is 1220. The maximum Gasteiger partial charge on any atom is 0.326 e. The molecule has 0 fully saturated rings. The Morgan fingerprint density at radius 2 is 1.77 bits per heavy atom. The number of pyridine rings is 1. The highest BCUT2D eigenvalue weighted by atomic mass is 35.5. The second-order valence-corrected chi connectivity index (χ2v) is 8.48. The van der Waals surface area contributed by atoms with Crippen molar-refractivity contribution in [2.24, 2.45) is 0 Å². The Labute approximate surface area is 211 Å². The molecule has 1 aliphatic heterocycles. The molecule has 9 nitrogen and oxygen atoms in total. The summed E-state index contributed by atoms with van der Waals surface area (Å²) in [5.74, 6) is -1.03. The van der Waals surface area contributed by atoms with Gasteiger partial charge in [0.25, 0.3) is 5.91 Å². The Morgan fingerprint density at radius 3 is 2.43 bits per heavy atom. The van der Waals surface area contributed by atoms with Crippen molar-refractivity contribution in [1.29, 1.82) is 0 Å². The van der Waals surface area contributed by atoms with Crippen LogP contribution in [0, 0.1) is 0 Å². The SMILES string of the molecule is O=C(N[C@@H](Cc1ccc(N2C=C(CNc3ccccn3)NN2)cc1)C(=O)O)c1c(Cl)cccc1Cl. The first-order chi connectivity index (χ1) is 16.9. The lowest BCUT2D eigenvalue weighted by atomic mass is 10.0. The van der Waals surface area contributed by atoms with Crippen LogP contribution in [0.4, 0.5) is 11.5 Å². The number of rotatable bonds is 9. The van der Waals surface area contributed by atoms with Crippen molar-refractivity contribution in [2.75, 3.05) is 16.9 Å². The molecular formula is C24H22Cl2N6O3. The molecule has 11 heteroatoms. The third-order valence-corrected chi connectivity index (χ3v) is 5.82. The largest absolute Gasteiger partial charge is 0.480 e. The van der Waals surface area contributed by atoms with Crippen molar-refractivity contribution in [3.63, 3.8) is 0 Å². The Morgan fingerprint density at radius 1 is 1.03 bits per heavy atom. The van der Waals surface area contributed by atoms with E-state index in [1.54, 1.807) is 29.4 Å². The number of carboxylic acid groups (broad SMARTS) is 1. The number of benzene rings is 2. The summed E-state index contributed by atoms with van der Waals surface area (Å²) >= 11 is 12.1. The van der Waals surface area contributed by atoms with Crippen molar-refractivity contribution >= 4 is 46.6 Å². The summed E-state index contributed by atoms with van der Waals surface area (Å²) in [4.78, 5) is 28.6. The second-order valence-electron chi connectivity index (χ2n) is 7.66. The van der Waals surface area contributed by atoms with Crippen LogP contribution in [0.2, 0.25) is 10.0 Å². The van der Waals surface area contributed by atoms with E-state index in [9.17, 15) is 14.7 Å². The number of hydrogen-bond donors (Lipinski definition) is 5. The molecule has 180 valence electrons. The third-order valence-electron chi connectivity index (χ3n) is 5.19. The van der Waals surface area contributed by atoms with Crippen LogP contribution in [0.1, 0.15) is 15.9 Å². The quantitative estimate of drug-likeness (QED) is 0.295. The van der Waals surface area contributed by atoms with Gasteiger partial charge in [-0.25, -0.2) is 9.78 Å². The number of halogens is 2. The molecule has 0 saturated heterocycles. The predicted molar refractivity (Wildman–Crippen MR) is 135 cm³/mol. The first kappa shape index (κ1) is 24.3. The third kappa shape index (κ3) is 6.21. The van der Waals surface area contributed by atoms with Gasteiger partial charge >= 0.3 is 5.97 Å². The minimum atomic E-state index is -1.16. The van der Waals surface area contributed by atoms with Gasteiger partial charge in [0.2, 0.25) is 0 Å². The molecule has 1 atom stereocenters. The molecule has 2 aromatic carbocycles. The van der Waals surface area contributed by atoms with Gasteiger partial charge in [-0.1, -0.05) is 47.5 Å². The van der Waals surface area contributed by atoms with E-state index in [2.05, 4.69) is 26.6 Å². The number of amides is 1. The van der Waals surface area contributed by atoms with Gasteiger partial charge < -0.3 is 21.2 Å². The predicted octanol–water partition coefficient (Wildman–Crippen LogP) is 3.60. The van der Waals surface area contributed by atoms with Crippen LogP contribution < -0.4 is 26.6 Å². The van der Waals surface area contributed by atoms with Gasteiger partial charge in [0.05, 0.1) is 33.5 Å². The fraction of sp³-hybridized carbons (Fsp3) is 0.125. The highest BCUT2D eigenvalue weighted by molar-refractivity contribution is 6.39. The molecule has 1 aromatic heterocycles. The minimum absolute atomic E-state index is 0.0464. The van der Waals surface area contributed by atoms with Crippen molar-refractivity contribution in [3.8, 4) is 0 Å². The first-order valence-electron chi connectivity index (χ1n) is 10.6. The highest BCUT2D eigenvalue weighted by Gasteiger charge is 2.24. The number of carboxylic acids is 1. The van der Waals surface area contributed by atoms with Gasteiger partial charge in [0, 0.05) is 18.8 Å². The summed E-state index contributed by atoms with van der Waals surface area (Å²) in [5.41, 5.74) is 8.66. The molecule has 1 amide bonds. The van der Waals surface area contributed by atoms with Crippen LogP contribution in [0.25, 0.3) is 0 Å². The number of carbonyl (C=O) groups excluding carboxylic acids is 1. The number of aliphatic carboxylic acids is 1. The number of hydrogen-bond acceptors (Lipinski definition) is 7. The molecular weight excluding hydrogens is 491 g/mol. The maximum atomic E-state index is 12.6. The van der Waals surface area contributed by atoms with E-state index in [-0.39, 0.29) is 22.0 Å². The molecule has 4 rings (SSSR count). The van der Waals surface area contributed by atoms with Crippen molar-refractivity contribution < 1.29 is 14.7 Å². The summed E-state index contributed by atoms with van der Waals surface area (Å²) in [5, 5.41) is 17.5. The van der Waals surface area contributed by atoms with E-state index >= 15 is 0 Å². The molecule has 1 aliphatic rings. The van der Waals surface area contributed by atoms with Crippen LogP contribution in [0.5, 0.6) is 0 Å². The van der Waals surface area contributed by atoms with Crippen molar-refractivity contribution in [1.82, 2.24) is 21.3 Å². The molecule has 0 saturated carbocycles. The lowest BCUT2D eigenvalue weighted by Gasteiger charge is -2.18. The Kier molecular flexibility index (Phi) is 7.71. The Hall–Kier alpha value is -3.79. The molecule has 2 heterocycles. The topological polar surface area (TPSA) is 119 Å². The lowest BCUT2D eigenvalue weighted by Crippen LogP contribution is -2.42. The molecule has 3 aromatic rings. The number of nitrogens with one attached hydrogen (secondary N) is 4. The monoisotopic (exact) mass is 512 g/mol.